The van der Waals surface area contributed by atoms with Gasteiger partial charge in [-0.1, -0.05) is 12.1 Å². The molecule has 0 saturated heterocycles. The van der Waals surface area contributed by atoms with Crippen LogP contribution >= 0.6 is 11.3 Å². The largest absolute Gasteiger partial charge is 0.482 e. The Morgan fingerprint density at radius 3 is 2.62 bits per heavy atom. The lowest BCUT2D eigenvalue weighted by Gasteiger charge is -2.13. The number of alkyl halides is 3. The highest BCUT2D eigenvalue weighted by Gasteiger charge is 2.28. The monoisotopic (exact) mass is 386 g/mol. The molecule has 1 aromatic heterocycles. The van der Waals surface area contributed by atoms with Gasteiger partial charge in [0.25, 0.3) is 5.91 Å². The zero-order valence-electron chi connectivity index (χ0n) is 13.6. The standard InChI is InChI=1S/C17H17F3N2O3S/c18-17(19,20)11-25-14-5-2-1-4-13(14)22-15(23)6-3-8-21-16(24)12-7-9-26-10-12/h1-2,4-5,7,9-10H,3,6,8,11H2,(H,21,24)(H,22,23). The number of halogens is 3. The molecule has 0 aliphatic rings. The lowest BCUT2D eigenvalue weighted by molar-refractivity contribution is -0.153. The molecule has 140 valence electrons. The first-order valence-corrected chi connectivity index (χ1v) is 8.68. The van der Waals surface area contributed by atoms with Gasteiger partial charge in [-0.15, -0.1) is 0 Å². The van der Waals surface area contributed by atoms with Crippen LogP contribution in [0.1, 0.15) is 23.2 Å². The Labute approximate surface area is 152 Å². The first-order chi connectivity index (χ1) is 12.3. The second-order valence-electron chi connectivity index (χ2n) is 5.32. The molecule has 2 aromatic rings. The van der Waals surface area contributed by atoms with Crippen molar-refractivity contribution in [3.05, 3.63) is 46.7 Å². The first kappa shape index (κ1) is 19.8. The van der Waals surface area contributed by atoms with E-state index in [0.717, 1.165) is 0 Å². The maximum Gasteiger partial charge on any atom is 0.422 e. The topological polar surface area (TPSA) is 67.4 Å². The summed E-state index contributed by atoms with van der Waals surface area (Å²) < 4.78 is 41.5. The summed E-state index contributed by atoms with van der Waals surface area (Å²) in [6, 6.07) is 7.60. The lowest BCUT2D eigenvalue weighted by Crippen LogP contribution is -2.25. The third-order valence-corrected chi connectivity index (χ3v) is 3.89. The van der Waals surface area contributed by atoms with Crippen molar-refractivity contribution < 1.29 is 27.5 Å². The van der Waals surface area contributed by atoms with Crippen LogP contribution in [0, 0.1) is 0 Å². The fourth-order valence-electron chi connectivity index (χ4n) is 2.01. The molecule has 2 N–H and O–H groups in total. The molecule has 2 rings (SSSR count). The highest BCUT2D eigenvalue weighted by molar-refractivity contribution is 7.08. The molecule has 0 aliphatic carbocycles. The number of para-hydroxylation sites is 2. The molecule has 0 aliphatic heterocycles. The number of hydrogen-bond acceptors (Lipinski definition) is 4. The molecule has 0 radical (unpaired) electrons. The molecule has 1 aromatic carbocycles. The number of rotatable bonds is 8. The van der Waals surface area contributed by atoms with Crippen molar-refractivity contribution in [3.8, 4) is 5.75 Å². The fraction of sp³-hybridized carbons (Fsp3) is 0.294. The van der Waals surface area contributed by atoms with E-state index in [1.165, 1.54) is 29.5 Å². The van der Waals surface area contributed by atoms with Crippen LogP contribution in [0.4, 0.5) is 18.9 Å². The van der Waals surface area contributed by atoms with Crippen molar-refractivity contribution in [2.75, 3.05) is 18.5 Å². The van der Waals surface area contributed by atoms with Crippen molar-refractivity contribution in [1.29, 1.82) is 0 Å². The molecule has 0 saturated carbocycles. The Bertz CT molecular complexity index is 733. The third-order valence-electron chi connectivity index (χ3n) is 3.20. The second kappa shape index (κ2) is 9.23. The molecule has 0 atom stereocenters. The molecule has 0 fully saturated rings. The van der Waals surface area contributed by atoms with Crippen LogP contribution in [-0.2, 0) is 4.79 Å². The maximum atomic E-state index is 12.3. The van der Waals surface area contributed by atoms with E-state index < -0.39 is 12.8 Å². The van der Waals surface area contributed by atoms with Gasteiger partial charge in [-0.05, 0) is 30.0 Å². The van der Waals surface area contributed by atoms with Gasteiger partial charge in [0.05, 0.1) is 5.69 Å². The zero-order chi connectivity index (χ0) is 19.0. The van der Waals surface area contributed by atoms with Crippen LogP contribution in [0.25, 0.3) is 0 Å². The van der Waals surface area contributed by atoms with Crippen LogP contribution in [0.2, 0.25) is 0 Å². The Hall–Kier alpha value is -2.55. The number of amides is 2. The van der Waals surface area contributed by atoms with Crippen LogP contribution in [0.5, 0.6) is 5.75 Å². The van der Waals surface area contributed by atoms with Crippen LogP contribution in [0.15, 0.2) is 41.1 Å². The summed E-state index contributed by atoms with van der Waals surface area (Å²) in [7, 11) is 0. The summed E-state index contributed by atoms with van der Waals surface area (Å²) in [4.78, 5) is 23.7. The van der Waals surface area contributed by atoms with Crippen LogP contribution < -0.4 is 15.4 Å². The number of thiophene rings is 1. The van der Waals surface area contributed by atoms with Gasteiger partial charge in [-0.25, -0.2) is 0 Å². The van der Waals surface area contributed by atoms with E-state index in [1.54, 1.807) is 22.9 Å². The number of hydrogen-bond donors (Lipinski definition) is 2. The van der Waals surface area contributed by atoms with Gasteiger partial charge < -0.3 is 15.4 Å². The van der Waals surface area contributed by atoms with Crippen molar-refractivity contribution in [1.82, 2.24) is 5.32 Å². The van der Waals surface area contributed by atoms with Gasteiger partial charge in [-0.2, -0.15) is 24.5 Å². The van der Waals surface area contributed by atoms with Gasteiger partial charge in [0, 0.05) is 23.9 Å². The van der Waals surface area contributed by atoms with Crippen LogP contribution in [-0.4, -0.2) is 31.1 Å². The van der Waals surface area contributed by atoms with E-state index in [4.69, 9.17) is 4.74 Å². The van der Waals surface area contributed by atoms with Crippen LogP contribution in [0.3, 0.4) is 0 Å². The number of nitrogens with one attached hydrogen (secondary N) is 2. The first-order valence-electron chi connectivity index (χ1n) is 7.74. The van der Waals surface area contributed by atoms with Gasteiger partial charge in [0.2, 0.25) is 5.91 Å². The van der Waals surface area contributed by atoms with E-state index in [1.807, 2.05) is 0 Å². The maximum absolute atomic E-state index is 12.3. The summed E-state index contributed by atoms with van der Waals surface area (Å²) in [5, 5.41) is 8.73. The molecule has 0 bridgehead atoms. The minimum atomic E-state index is -4.46. The van der Waals surface area contributed by atoms with Gasteiger partial charge in [0.15, 0.2) is 6.61 Å². The highest BCUT2D eigenvalue weighted by Crippen LogP contribution is 2.26. The molecule has 0 spiro atoms. The molecular formula is C17H17F3N2O3S. The smallest absolute Gasteiger partial charge is 0.422 e. The fourth-order valence-corrected chi connectivity index (χ4v) is 2.65. The minimum absolute atomic E-state index is 0.0519. The van der Waals surface area contributed by atoms with E-state index in [-0.39, 0.29) is 29.7 Å². The number of benzene rings is 1. The van der Waals surface area contributed by atoms with E-state index in [0.29, 0.717) is 18.5 Å². The zero-order valence-corrected chi connectivity index (χ0v) is 14.5. The third kappa shape index (κ3) is 6.75. The molecule has 1 heterocycles. The Morgan fingerprint density at radius 1 is 1.15 bits per heavy atom. The van der Waals surface area contributed by atoms with E-state index in [2.05, 4.69) is 10.6 Å². The summed E-state index contributed by atoms with van der Waals surface area (Å²) >= 11 is 1.41. The second-order valence-corrected chi connectivity index (χ2v) is 6.10. The van der Waals surface area contributed by atoms with Gasteiger partial charge in [0.1, 0.15) is 5.75 Å². The van der Waals surface area contributed by atoms with E-state index >= 15 is 0 Å². The predicted octanol–water partition coefficient (Wildman–Crippen LogP) is 3.84. The van der Waals surface area contributed by atoms with Gasteiger partial charge in [-0.3, -0.25) is 9.59 Å². The number of carbonyl (C=O) groups excluding carboxylic acids is 2. The highest BCUT2D eigenvalue weighted by atomic mass is 32.1. The lowest BCUT2D eigenvalue weighted by atomic mass is 10.2. The summed E-state index contributed by atoms with van der Waals surface area (Å²) in [5.41, 5.74) is 0.735. The van der Waals surface area contributed by atoms with Crippen molar-refractivity contribution >= 4 is 28.8 Å². The summed E-state index contributed by atoms with van der Waals surface area (Å²) in [6.07, 6.45) is -3.96. The molecule has 5 nitrogen and oxygen atoms in total. The number of anilines is 1. The summed E-state index contributed by atoms with van der Waals surface area (Å²) in [5.74, 6) is -0.640. The Balaban J connectivity index is 1.76. The molecule has 26 heavy (non-hydrogen) atoms. The van der Waals surface area contributed by atoms with Gasteiger partial charge >= 0.3 is 6.18 Å². The minimum Gasteiger partial charge on any atom is -0.482 e. The Kier molecular flexibility index (Phi) is 7.02. The number of ether oxygens (including phenoxy) is 1. The average molecular weight is 386 g/mol. The molecule has 9 heteroatoms. The Morgan fingerprint density at radius 2 is 1.92 bits per heavy atom. The predicted molar refractivity (Wildman–Crippen MR) is 92.5 cm³/mol. The van der Waals surface area contributed by atoms with E-state index in [9.17, 15) is 22.8 Å². The quantitative estimate of drug-likeness (QED) is 0.678. The number of carbonyl (C=O) groups is 2. The van der Waals surface area contributed by atoms with Crippen molar-refractivity contribution in [3.63, 3.8) is 0 Å². The van der Waals surface area contributed by atoms with Crippen molar-refractivity contribution in [2.24, 2.45) is 0 Å². The van der Waals surface area contributed by atoms with Crippen molar-refractivity contribution in [2.45, 2.75) is 19.0 Å². The SMILES string of the molecule is O=C(CCCNC(=O)c1ccsc1)Nc1ccccc1OCC(F)(F)F. The summed E-state index contributed by atoms with van der Waals surface area (Å²) in [6.45, 7) is -1.12. The molecule has 2 amide bonds. The normalized spacial score (nSPS) is 11.0. The molecular weight excluding hydrogens is 369 g/mol. The molecule has 0 unspecified atom stereocenters. The average Bonchev–Trinajstić information content (AvgIpc) is 3.12.